The summed E-state index contributed by atoms with van der Waals surface area (Å²) in [6.07, 6.45) is 3.13. The molecular formula is C23H26N4O6S. The summed E-state index contributed by atoms with van der Waals surface area (Å²) in [6.45, 7) is 3.60. The van der Waals surface area contributed by atoms with Crippen LogP contribution in [0.5, 0.6) is 0 Å². The van der Waals surface area contributed by atoms with E-state index in [-0.39, 0.29) is 24.5 Å². The number of benzene rings is 1. The molecular weight excluding hydrogens is 460 g/mol. The van der Waals surface area contributed by atoms with E-state index in [1.807, 2.05) is 19.9 Å². The average Bonchev–Trinajstić information content (AvgIpc) is 3.46. The largest absolute Gasteiger partial charge is 0.464 e. The van der Waals surface area contributed by atoms with E-state index in [9.17, 15) is 18.3 Å². The van der Waals surface area contributed by atoms with Crippen molar-refractivity contribution >= 4 is 16.0 Å². The van der Waals surface area contributed by atoms with Crippen LogP contribution in [-0.2, 0) is 26.0 Å². The molecule has 0 spiro atoms. The van der Waals surface area contributed by atoms with Crippen molar-refractivity contribution in [2.45, 2.75) is 50.2 Å². The predicted molar refractivity (Wildman–Crippen MR) is 121 cm³/mol. The molecule has 3 heterocycles. The standard InChI is InChI=1S/C23H26N4O6S/c1-15-7-8-19(11-16(15)2)34(30,31)27-14-18(28)12-20(27)23(29)32-10-4-6-21-25-22(26-33-21)17-5-3-9-24-13-17/h3,5,7-9,11,13,18,20,28H,4,6,10,12,14H2,1-2H3/t18?,20-/m0/s1. The molecule has 0 saturated carbocycles. The van der Waals surface area contributed by atoms with Crippen molar-refractivity contribution in [3.05, 3.63) is 59.7 Å². The zero-order valence-corrected chi connectivity index (χ0v) is 19.7. The van der Waals surface area contributed by atoms with Gasteiger partial charge in [0.15, 0.2) is 0 Å². The van der Waals surface area contributed by atoms with Crippen LogP contribution >= 0.6 is 0 Å². The fourth-order valence-electron chi connectivity index (χ4n) is 3.74. The van der Waals surface area contributed by atoms with Crippen molar-refractivity contribution in [3.63, 3.8) is 0 Å². The normalized spacial score (nSPS) is 18.8. The van der Waals surface area contributed by atoms with E-state index < -0.39 is 28.1 Å². The number of pyridine rings is 1. The maximum atomic E-state index is 13.2. The van der Waals surface area contributed by atoms with Crippen molar-refractivity contribution in [1.29, 1.82) is 0 Å². The number of ether oxygens (including phenoxy) is 1. The number of hydrogen-bond donors (Lipinski definition) is 1. The maximum Gasteiger partial charge on any atom is 0.324 e. The molecule has 180 valence electrons. The van der Waals surface area contributed by atoms with Gasteiger partial charge in [-0.1, -0.05) is 11.2 Å². The molecule has 0 aliphatic carbocycles. The number of aliphatic hydroxyl groups is 1. The van der Waals surface area contributed by atoms with Crippen molar-refractivity contribution < 1.29 is 27.6 Å². The summed E-state index contributed by atoms with van der Waals surface area (Å²) in [6, 6.07) is 7.31. The Hall–Kier alpha value is -3.15. The summed E-state index contributed by atoms with van der Waals surface area (Å²) in [7, 11) is -3.97. The number of nitrogens with zero attached hydrogens (tertiary/aromatic N) is 4. The Bertz CT molecular complexity index is 1260. The fourth-order valence-corrected chi connectivity index (χ4v) is 5.45. The Balaban J connectivity index is 1.35. The number of sulfonamides is 1. The molecule has 34 heavy (non-hydrogen) atoms. The first-order chi connectivity index (χ1) is 16.3. The number of carbonyl (C=O) groups excluding carboxylic acids is 1. The van der Waals surface area contributed by atoms with Crippen molar-refractivity contribution in [2.24, 2.45) is 0 Å². The smallest absolute Gasteiger partial charge is 0.324 e. The van der Waals surface area contributed by atoms with Crippen LogP contribution < -0.4 is 0 Å². The molecule has 1 unspecified atom stereocenters. The van der Waals surface area contributed by atoms with Crippen LogP contribution in [0.4, 0.5) is 0 Å². The van der Waals surface area contributed by atoms with Gasteiger partial charge in [0.05, 0.1) is 17.6 Å². The number of aryl methyl sites for hydroxylation is 3. The summed E-state index contributed by atoms with van der Waals surface area (Å²) < 4.78 is 37.9. The fraction of sp³-hybridized carbons (Fsp3) is 0.391. The third-order valence-corrected chi connectivity index (χ3v) is 7.63. The molecule has 0 bridgehead atoms. The SMILES string of the molecule is Cc1ccc(S(=O)(=O)N2CC(O)C[C@H]2C(=O)OCCCc2nc(-c3cccnc3)no2)cc1C. The minimum atomic E-state index is -3.97. The first kappa shape index (κ1) is 24.0. The van der Waals surface area contributed by atoms with Gasteiger partial charge in [0.2, 0.25) is 21.7 Å². The van der Waals surface area contributed by atoms with Crippen molar-refractivity contribution in [3.8, 4) is 11.4 Å². The van der Waals surface area contributed by atoms with E-state index in [1.165, 1.54) is 6.07 Å². The summed E-state index contributed by atoms with van der Waals surface area (Å²) in [5.74, 6) is 0.128. The molecule has 0 amide bonds. The van der Waals surface area contributed by atoms with Crippen LogP contribution in [0.15, 0.2) is 52.1 Å². The number of esters is 1. The number of aliphatic hydroxyl groups excluding tert-OH is 1. The van der Waals surface area contributed by atoms with Gasteiger partial charge in [-0.25, -0.2) is 8.42 Å². The Morgan fingerprint density at radius 2 is 2.09 bits per heavy atom. The van der Waals surface area contributed by atoms with Crippen LogP contribution in [0.1, 0.15) is 29.9 Å². The molecule has 3 aromatic rings. The van der Waals surface area contributed by atoms with Gasteiger partial charge in [0, 0.05) is 37.3 Å². The lowest BCUT2D eigenvalue weighted by Gasteiger charge is -2.22. The number of hydrogen-bond acceptors (Lipinski definition) is 9. The topological polar surface area (TPSA) is 136 Å². The van der Waals surface area contributed by atoms with Crippen LogP contribution in [0.25, 0.3) is 11.4 Å². The highest BCUT2D eigenvalue weighted by molar-refractivity contribution is 7.89. The number of aromatic nitrogens is 3. The molecule has 1 aromatic carbocycles. The molecule has 10 nitrogen and oxygen atoms in total. The molecule has 4 rings (SSSR count). The summed E-state index contributed by atoms with van der Waals surface area (Å²) in [5.41, 5.74) is 2.52. The van der Waals surface area contributed by atoms with E-state index in [1.54, 1.807) is 30.6 Å². The van der Waals surface area contributed by atoms with Gasteiger partial charge in [-0.3, -0.25) is 9.78 Å². The molecule has 11 heteroatoms. The third kappa shape index (κ3) is 5.16. The second-order valence-corrected chi connectivity index (χ2v) is 10.1. The molecule has 1 aliphatic heterocycles. The van der Waals surface area contributed by atoms with Crippen LogP contribution in [-0.4, -0.2) is 64.2 Å². The Morgan fingerprint density at radius 1 is 1.26 bits per heavy atom. The average molecular weight is 487 g/mol. The van der Waals surface area contributed by atoms with E-state index in [0.717, 1.165) is 21.0 Å². The molecule has 1 fully saturated rings. The lowest BCUT2D eigenvalue weighted by molar-refractivity contribution is -0.147. The van der Waals surface area contributed by atoms with Crippen LogP contribution in [0.3, 0.4) is 0 Å². The van der Waals surface area contributed by atoms with Gasteiger partial charge in [0.25, 0.3) is 0 Å². The highest BCUT2D eigenvalue weighted by Gasteiger charge is 2.44. The van der Waals surface area contributed by atoms with E-state index in [0.29, 0.717) is 24.6 Å². The Labute approximate surface area is 197 Å². The molecule has 2 atom stereocenters. The number of β-amino-alcohol motifs (C(OH)–C–C–N with tert-alkyl or cyclic N) is 1. The second-order valence-electron chi connectivity index (χ2n) is 8.25. The predicted octanol–water partition coefficient (Wildman–Crippen LogP) is 2.05. The molecule has 1 N–H and O–H groups in total. The Morgan fingerprint density at radius 3 is 2.82 bits per heavy atom. The summed E-state index contributed by atoms with van der Waals surface area (Å²) in [4.78, 5) is 21.1. The molecule has 0 radical (unpaired) electrons. The third-order valence-electron chi connectivity index (χ3n) is 5.76. The lowest BCUT2D eigenvalue weighted by atomic mass is 10.1. The van der Waals surface area contributed by atoms with E-state index in [2.05, 4.69) is 15.1 Å². The van der Waals surface area contributed by atoms with Crippen LogP contribution in [0.2, 0.25) is 0 Å². The molecule has 2 aromatic heterocycles. The van der Waals surface area contributed by atoms with Gasteiger partial charge in [0.1, 0.15) is 6.04 Å². The minimum absolute atomic E-state index is 0.0129. The summed E-state index contributed by atoms with van der Waals surface area (Å²) in [5, 5.41) is 14.0. The molecule has 1 saturated heterocycles. The van der Waals surface area contributed by atoms with E-state index >= 15 is 0 Å². The lowest BCUT2D eigenvalue weighted by Crippen LogP contribution is -2.41. The quantitative estimate of drug-likeness (QED) is 0.375. The monoisotopic (exact) mass is 486 g/mol. The first-order valence-electron chi connectivity index (χ1n) is 10.9. The van der Waals surface area contributed by atoms with Gasteiger partial charge in [-0.15, -0.1) is 0 Å². The second kappa shape index (κ2) is 10.00. The first-order valence-corrected chi connectivity index (χ1v) is 12.4. The highest BCUT2D eigenvalue weighted by Crippen LogP contribution is 2.28. The zero-order valence-electron chi connectivity index (χ0n) is 18.9. The van der Waals surface area contributed by atoms with E-state index in [4.69, 9.17) is 9.26 Å². The number of carbonyl (C=O) groups is 1. The highest BCUT2D eigenvalue weighted by atomic mass is 32.2. The molecule has 1 aliphatic rings. The number of rotatable bonds is 8. The van der Waals surface area contributed by atoms with Gasteiger partial charge >= 0.3 is 5.97 Å². The van der Waals surface area contributed by atoms with Gasteiger partial charge in [-0.2, -0.15) is 9.29 Å². The van der Waals surface area contributed by atoms with Gasteiger partial charge in [-0.05, 0) is 55.7 Å². The minimum Gasteiger partial charge on any atom is -0.464 e. The van der Waals surface area contributed by atoms with Gasteiger partial charge < -0.3 is 14.4 Å². The Kier molecular flexibility index (Phi) is 7.05. The maximum absolute atomic E-state index is 13.2. The van der Waals surface area contributed by atoms with Crippen molar-refractivity contribution in [2.75, 3.05) is 13.2 Å². The zero-order chi connectivity index (χ0) is 24.3. The van der Waals surface area contributed by atoms with Crippen molar-refractivity contribution in [1.82, 2.24) is 19.4 Å². The summed E-state index contributed by atoms with van der Waals surface area (Å²) >= 11 is 0. The van der Waals surface area contributed by atoms with Crippen LogP contribution in [0, 0.1) is 13.8 Å².